The summed E-state index contributed by atoms with van der Waals surface area (Å²) in [5.41, 5.74) is 0.636. The standard InChI is InChI=1S/C8H12N2O2S/c1-3-13(11,12)10(2)8-4-6-9-7-5-8/h4-7H,3H2,1-2H3. The van der Waals surface area contributed by atoms with E-state index >= 15 is 0 Å². The predicted molar refractivity (Wildman–Crippen MR) is 52.1 cm³/mol. The summed E-state index contributed by atoms with van der Waals surface area (Å²) in [7, 11) is -1.61. The molecule has 5 heteroatoms. The molecule has 0 amide bonds. The molecule has 0 aliphatic rings. The van der Waals surface area contributed by atoms with Gasteiger partial charge in [0.25, 0.3) is 0 Å². The molecule has 0 unspecified atom stereocenters. The summed E-state index contributed by atoms with van der Waals surface area (Å²) in [6.45, 7) is 1.62. The first-order valence-electron chi connectivity index (χ1n) is 3.94. The van der Waals surface area contributed by atoms with E-state index in [1.807, 2.05) is 0 Å². The van der Waals surface area contributed by atoms with Crippen LogP contribution in [0.25, 0.3) is 0 Å². The molecule has 0 radical (unpaired) electrons. The molecule has 0 bridgehead atoms. The first-order valence-corrected chi connectivity index (χ1v) is 5.55. The highest BCUT2D eigenvalue weighted by molar-refractivity contribution is 7.92. The number of hydrogen-bond donors (Lipinski definition) is 0. The quantitative estimate of drug-likeness (QED) is 0.727. The van der Waals surface area contributed by atoms with E-state index < -0.39 is 10.0 Å². The number of nitrogens with zero attached hydrogens (tertiary/aromatic N) is 2. The summed E-state index contributed by atoms with van der Waals surface area (Å²) in [6.07, 6.45) is 3.13. The predicted octanol–water partition coefficient (Wildman–Crippen LogP) is 0.868. The lowest BCUT2D eigenvalue weighted by atomic mass is 10.4. The smallest absolute Gasteiger partial charge is 0.234 e. The van der Waals surface area contributed by atoms with Gasteiger partial charge in [0.05, 0.1) is 11.4 Å². The van der Waals surface area contributed by atoms with Crippen LogP contribution in [0.3, 0.4) is 0 Å². The van der Waals surface area contributed by atoms with Gasteiger partial charge in [-0.05, 0) is 19.1 Å². The molecule has 1 heterocycles. The summed E-state index contributed by atoms with van der Waals surface area (Å²) >= 11 is 0. The van der Waals surface area contributed by atoms with Gasteiger partial charge < -0.3 is 0 Å². The van der Waals surface area contributed by atoms with Crippen LogP contribution in [0.2, 0.25) is 0 Å². The molecule has 13 heavy (non-hydrogen) atoms. The average Bonchev–Trinajstić information content (AvgIpc) is 2.18. The lowest BCUT2D eigenvalue weighted by molar-refractivity contribution is 0.595. The maximum Gasteiger partial charge on any atom is 0.234 e. The number of rotatable bonds is 3. The zero-order chi connectivity index (χ0) is 9.90. The van der Waals surface area contributed by atoms with E-state index in [0.29, 0.717) is 5.69 Å². The van der Waals surface area contributed by atoms with E-state index in [0.717, 1.165) is 0 Å². The maximum atomic E-state index is 11.4. The van der Waals surface area contributed by atoms with Crippen molar-refractivity contribution >= 4 is 15.7 Å². The van der Waals surface area contributed by atoms with Crippen LogP contribution in [0.4, 0.5) is 5.69 Å². The summed E-state index contributed by atoms with van der Waals surface area (Å²) in [6, 6.07) is 3.32. The fourth-order valence-electron chi connectivity index (χ4n) is 0.908. The van der Waals surface area contributed by atoms with Crippen molar-refractivity contribution in [2.45, 2.75) is 6.92 Å². The van der Waals surface area contributed by atoms with E-state index in [2.05, 4.69) is 4.98 Å². The molecular formula is C8H12N2O2S. The van der Waals surface area contributed by atoms with Crippen molar-refractivity contribution in [3.05, 3.63) is 24.5 Å². The highest BCUT2D eigenvalue weighted by Gasteiger charge is 2.14. The van der Waals surface area contributed by atoms with Crippen LogP contribution < -0.4 is 4.31 Å². The molecule has 0 saturated heterocycles. The first-order chi connectivity index (χ1) is 6.08. The number of pyridine rings is 1. The second-order valence-electron chi connectivity index (χ2n) is 2.57. The van der Waals surface area contributed by atoms with Crippen LogP contribution in [0.15, 0.2) is 24.5 Å². The molecule has 1 aromatic rings. The number of anilines is 1. The maximum absolute atomic E-state index is 11.4. The van der Waals surface area contributed by atoms with E-state index in [1.165, 1.54) is 11.4 Å². The minimum absolute atomic E-state index is 0.103. The molecular weight excluding hydrogens is 188 g/mol. The van der Waals surface area contributed by atoms with E-state index in [-0.39, 0.29) is 5.75 Å². The van der Waals surface area contributed by atoms with Crippen molar-refractivity contribution in [2.24, 2.45) is 0 Å². The largest absolute Gasteiger partial charge is 0.273 e. The van der Waals surface area contributed by atoms with Crippen LogP contribution in [-0.2, 0) is 10.0 Å². The van der Waals surface area contributed by atoms with Gasteiger partial charge in [0.1, 0.15) is 0 Å². The second-order valence-corrected chi connectivity index (χ2v) is 4.86. The van der Waals surface area contributed by atoms with Crippen LogP contribution >= 0.6 is 0 Å². The number of aromatic nitrogens is 1. The highest BCUT2D eigenvalue weighted by Crippen LogP contribution is 2.13. The van der Waals surface area contributed by atoms with Gasteiger partial charge in [-0.3, -0.25) is 9.29 Å². The zero-order valence-electron chi connectivity index (χ0n) is 7.64. The molecule has 0 aliphatic carbocycles. The Morgan fingerprint density at radius 3 is 2.38 bits per heavy atom. The SMILES string of the molecule is CCS(=O)(=O)N(C)c1ccncc1. The van der Waals surface area contributed by atoms with E-state index in [4.69, 9.17) is 0 Å². The highest BCUT2D eigenvalue weighted by atomic mass is 32.2. The molecule has 0 atom stereocenters. The molecule has 0 N–H and O–H groups in total. The molecule has 0 spiro atoms. The van der Waals surface area contributed by atoms with Crippen molar-refractivity contribution in [3.8, 4) is 0 Å². The molecule has 0 aromatic carbocycles. The monoisotopic (exact) mass is 200 g/mol. The lowest BCUT2D eigenvalue weighted by Crippen LogP contribution is -2.27. The Balaban J connectivity index is 2.99. The van der Waals surface area contributed by atoms with E-state index in [9.17, 15) is 8.42 Å². The molecule has 0 fully saturated rings. The molecule has 1 aromatic heterocycles. The summed E-state index contributed by atoms with van der Waals surface area (Å²) in [4.78, 5) is 3.81. The second kappa shape index (κ2) is 3.74. The van der Waals surface area contributed by atoms with Gasteiger partial charge >= 0.3 is 0 Å². The summed E-state index contributed by atoms with van der Waals surface area (Å²) in [5.74, 6) is 0.103. The lowest BCUT2D eigenvalue weighted by Gasteiger charge is -2.17. The van der Waals surface area contributed by atoms with Crippen LogP contribution in [0.1, 0.15) is 6.92 Å². The van der Waals surface area contributed by atoms with Crippen molar-refractivity contribution in [1.29, 1.82) is 0 Å². The normalized spacial score (nSPS) is 11.2. The molecule has 4 nitrogen and oxygen atoms in total. The van der Waals surface area contributed by atoms with Crippen LogP contribution in [0.5, 0.6) is 0 Å². The number of sulfonamides is 1. The zero-order valence-corrected chi connectivity index (χ0v) is 8.45. The Morgan fingerprint density at radius 2 is 1.92 bits per heavy atom. The Morgan fingerprint density at radius 1 is 1.38 bits per heavy atom. The Hall–Kier alpha value is -1.10. The third kappa shape index (κ3) is 2.18. The molecule has 0 saturated carbocycles. The Labute approximate surface area is 78.3 Å². The third-order valence-corrected chi connectivity index (χ3v) is 3.58. The fourth-order valence-corrected chi connectivity index (χ4v) is 1.74. The van der Waals surface area contributed by atoms with Crippen molar-refractivity contribution in [3.63, 3.8) is 0 Å². The minimum Gasteiger partial charge on any atom is -0.273 e. The van der Waals surface area contributed by atoms with Crippen molar-refractivity contribution in [1.82, 2.24) is 4.98 Å². The Kier molecular flexibility index (Phi) is 2.87. The molecule has 0 aliphatic heterocycles. The topological polar surface area (TPSA) is 50.3 Å². The van der Waals surface area contributed by atoms with Gasteiger partial charge in [-0.15, -0.1) is 0 Å². The van der Waals surface area contributed by atoms with Crippen LogP contribution in [-0.4, -0.2) is 26.2 Å². The van der Waals surface area contributed by atoms with Gasteiger partial charge in [0.15, 0.2) is 0 Å². The Bertz CT molecular complexity index is 361. The fraction of sp³-hybridized carbons (Fsp3) is 0.375. The van der Waals surface area contributed by atoms with Crippen LogP contribution in [0, 0.1) is 0 Å². The van der Waals surface area contributed by atoms with Gasteiger partial charge in [-0.25, -0.2) is 8.42 Å². The average molecular weight is 200 g/mol. The van der Waals surface area contributed by atoms with Gasteiger partial charge in [0, 0.05) is 19.4 Å². The summed E-state index contributed by atoms with van der Waals surface area (Å²) < 4.78 is 24.1. The van der Waals surface area contributed by atoms with Gasteiger partial charge in [0.2, 0.25) is 10.0 Å². The van der Waals surface area contributed by atoms with E-state index in [1.54, 1.807) is 31.5 Å². The minimum atomic E-state index is -3.15. The third-order valence-electron chi connectivity index (χ3n) is 1.81. The number of hydrogen-bond acceptors (Lipinski definition) is 3. The van der Waals surface area contributed by atoms with Crippen molar-refractivity contribution in [2.75, 3.05) is 17.1 Å². The van der Waals surface area contributed by atoms with Gasteiger partial charge in [-0.1, -0.05) is 0 Å². The van der Waals surface area contributed by atoms with Crippen molar-refractivity contribution < 1.29 is 8.42 Å². The molecule has 1 rings (SSSR count). The first kappa shape index (κ1) is 9.98. The summed E-state index contributed by atoms with van der Waals surface area (Å²) in [5, 5.41) is 0. The van der Waals surface area contributed by atoms with Gasteiger partial charge in [-0.2, -0.15) is 0 Å². The molecule has 72 valence electrons.